The quantitative estimate of drug-likeness (QED) is 0.779. The second kappa shape index (κ2) is 3.56. The number of fused-ring (bicyclic) bond motifs is 1. The van der Waals surface area contributed by atoms with Gasteiger partial charge in [-0.2, -0.15) is 0 Å². The molecule has 0 amide bonds. The number of hydrogen-bond donors (Lipinski definition) is 1. The van der Waals surface area contributed by atoms with Gasteiger partial charge in [-0.3, -0.25) is 4.98 Å². The Morgan fingerprint density at radius 3 is 2.57 bits per heavy atom. The molecule has 0 aliphatic carbocycles. The summed E-state index contributed by atoms with van der Waals surface area (Å²) >= 11 is 6.03. The van der Waals surface area contributed by atoms with Gasteiger partial charge in [0.1, 0.15) is 0 Å². The number of hydrogen-bond acceptors (Lipinski definition) is 2. The molecule has 2 aromatic rings. The fraction of sp³-hybridized carbons (Fsp3) is 0.182. The predicted molar refractivity (Wildman–Crippen MR) is 59.4 cm³/mol. The zero-order valence-corrected chi connectivity index (χ0v) is 8.62. The van der Waals surface area contributed by atoms with Gasteiger partial charge in [0, 0.05) is 23.0 Å². The summed E-state index contributed by atoms with van der Waals surface area (Å²) in [5.74, 6) is 0. The Morgan fingerprint density at radius 2 is 1.93 bits per heavy atom. The van der Waals surface area contributed by atoms with E-state index < -0.39 is 0 Å². The van der Waals surface area contributed by atoms with Gasteiger partial charge in [0.2, 0.25) is 0 Å². The minimum Gasteiger partial charge on any atom is -0.323 e. The number of pyridine rings is 1. The van der Waals surface area contributed by atoms with Gasteiger partial charge >= 0.3 is 0 Å². The smallest absolute Gasteiger partial charge is 0.0667 e. The second-order valence-corrected chi connectivity index (χ2v) is 3.73. The molecule has 1 unspecified atom stereocenters. The summed E-state index contributed by atoms with van der Waals surface area (Å²) in [6.45, 7) is 1.92. The average Bonchev–Trinajstić information content (AvgIpc) is 2.18. The van der Waals surface area contributed by atoms with Crippen LogP contribution in [0.2, 0.25) is 5.02 Å². The molecule has 0 fully saturated rings. The van der Waals surface area contributed by atoms with Crippen molar-refractivity contribution in [3.63, 3.8) is 0 Å². The minimum atomic E-state index is -0.0721. The number of nitrogens with zero attached hydrogens (tertiary/aromatic N) is 1. The molecule has 14 heavy (non-hydrogen) atoms. The maximum Gasteiger partial charge on any atom is 0.0667 e. The molecule has 72 valence electrons. The minimum absolute atomic E-state index is 0.0721. The van der Waals surface area contributed by atoms with E-state index in [0.717, 1.165) is 16.5 Å². The fourth-order valence-electron chi connectivity index (χ4n) is 1.54. The Hall–Kier alpha value is -1.12. The van der Waals surface area contributed by atoms with Crippen LogP contribution in [0.4, 0.5) is 0 Å². The monoisotopic (exact) mass is 206 g/mol. The normalized spacial score (nSPS) is 13.1. The van der Waals surface area contributed by atoms with Crippen molar-refractivity contribution in [2.24, 2.45) is 5.73 Å². The van der Waals surface area contributed by atoms with Crippen LogP contribution in [-0.2, 0) is 0 Å². The van der Waals surface area contributed by atoms with Crippen LogP contribution in [0.5, 0.6) is 0 Å². The van der Waals surface area contributed by atoms with E-state index in [4.69, 9.17) is 17.3 Å². The summed E-state index contributed by atoms with van der Waals surface area (Å²) in [5.41, 5.74) is 6.72. The van der Waals surface area contributed by atoms with Gasteiger partial charge in [-0.25, -0.2) is 0 Å². The Bertz CT molecular complexity index is 466. The van der Waals surface area contributed by atoms with Crippen LogP contribution in [-0.4, -0.2) is 4.98 Å². The van der Waals surface area contributed by atoms with E-state index in [2.05, 4.69) is 4.98 Å². The van der Waals surface area contributed by atoms with Crippen molar-refractivity contribution in [2.45, 2.75) is 13.0 Å². The molecule has 0 saturated heterocycles. The summed E-state index contributed by atoms with van der Waals surface area (Å²) in [6.07, 6.45) is 1.66. The Labute approximate surface area is 87.7 Å². The lowest BCUT2D eigenvalue weighted by Crippen LogP contribution is -2.07. The van der Waals surface area contributed by atoms with E-state index in [1.807, 2.05) is 31.2 Å². The SMILES string of the molecule is CC(N)c1ncc(Cl)c2ccccc12. The molecular formula is C11H11ClN2. The summed E-state index contributed by atoms with van der Waals surface area (Å²) in [4.78, 5) is 4.25. The maximum atomic E-state index is 6.03. The van der Waals surface area contributed by atoms with Gasteiger partial charge in [0.15, 0.2) is 0 Å². The first kappa shape index (κ1) is 9.44. The molecule has 1 aromatic carbocycles. The predicted octanol–water partition coefficient (Wildman–Crippen LogP) is 2.91. The third kappa shape index (κ3) is 1.47. The topological polar surface area (TPSA) is 38.9 Å². The van der Waals surface area contributed by atoms with Gasteiger partial charge in [0.25, 0.3) is 0 Å². The maximum absolute atomic E-state index is 6.03. The first-order valence-electron chi connectivity index (χ1n) is 4.49. The number of rotatable bonds is 1. The fourth-order valence-corrected chi connectivity index (χ4v) is 1.76. The van der Waals surface area contributed by atoms with Crippen molar-refractivity contribution >= 4 is 22.4 Å². The molecular weight excluding hydrogens is 196 g/mol. The van der Waals surface area contributed by atoms with Gasteiger partial charge in [-0.1, -0.05) is 35.9 Å². The van der Waals surface area contributed by atoms with Crippen LogP contribution in [0.25, 0.3) is 10.8 Å². The van der Waals surface area contributed by atoms with Gasteiger partial charge in [-0.15, -0.1) is 0 Å². The molecule has 2 rings (SSSR count). The molecule has 0 aliphatic rings. The van der Waals surface area contributed by atoms with E-state index in [0.29, 0.717) is 5.02 Å². The largest absolute Gasteiger partial charge is 0.323 e. The van der Waals surface area contributed by atoms with E-state index in [-0.39, 0.29) is 6.04 Å². The van der Waals surface area contributed by atoms with E-state index in [1.54, 1.807) is 6.20 Å². The zero-order chi connectivity index (χ0) is 10.1. The van der Waals surface area contributed by atoms with Crippen molar-refractivity contribution in [3.8, 4) is 0 Å². The summed E-state index contributed by atoms with van der Waals surface area (Å²) in [5, 5.41) is 2.72. The van der Waals surface area contributed by atoms with Gasteiger partial charge < -0.3 is 5.73 Å². The molecule has 1 heterocycles. The van der Waals surface area contributed by atoms with Crippen molar-refractivity contribution < 1.29 is 0 Å². The second-order valence-electron chi connectivity index (χ2n) is 3.33. The lowest BCUT2D eigenvalue weighted by atomic mass is 10.1. The zero-order valence-electron chi connectivity index (χ0n) is 7.87. The Kier molecular flexibility index (Phi) is 2.40. The van der Waals surface area contributed by atoms with Crippen LogP contribution in [0.1, 0.15) is 18.7 Å². The lowest BCUT2D eigenvalue weighted by Gasteiger charge is -2.09. The number of nitrogens with two attached hydrogens (primary N) is 1. The molecule has 0 radical (unpaired) electrons. The molecule has 1 atom stereocenters. The van der Waals surface area contributed by atoms with E-state index in [1.165, 1.54) is 0 Å². The number of benzene rings is 1. The van der Waals surface area contributed by atoms with Crippen LogP contribution in [0.3, 0.4) is 0 Å². The summed E-state index contributed by atoms with van der Waals surface area (Å²) in [6, 6.07) is 7.82. The van der Waals surface area contributed by atoms with Crippen molar-refractivity contribution in [2.75, 3.05) is 0 Å². The molecule has 1 aromatic heterocycles. The first-order chi connectivity index (χ1) is 6.70. The standard InChI is InChI=1S/C11H11ClN2/c1-7(13)11-9-5-3-2-4-8(9)10(12)6-14-11/h2-7H,13H2,1H3. The average molecular weight is 207 g/mol. The third-order valence-corrected chi connectivity index (χ3v) is 2.51. The van der Waals surface area contributed by atoms with Crippen LogP contribution < -0.4 is 5.73 Å². The number of aromatic nitrogens is 1. The van der Waals surface area contributed by atoms with Gasteiger partial charge in [-0.05, 0) is 6.92 Å². The molecule has 0 saturated carbocycles. The van der Waals surface area contributed by atoms with Crippen LogP contribution >= 0.6 is 11.6 Å². The highest BCUT2D eigenvalue weighted by molar-refractivity contribution is 6.35. The van der Waals surface area contributed by atoms with Crippen LogP contribution in [0.15, 0.2) is 30.5 Å². The Morgan fingerprint density at radius 1 is 1.29 bits per heavy atom. The molecule has 0 bridgehead atoms. The molecule has 0 spiro atoms. The number of halogens is 1. The molecule has 0 aliphatic heterocycles. The highest BCUT2D eigenvalue weighted by atomic mass is 35.5. The highest BCUT2D eigenvalue weighted by Crippen LogP contribution is 2.26. The summed E-state index contributed by atoms with van der Waals surface area (Å²) in [7, 11) is 0. The summed E-state index contributed by atoms with van der Waals surface area (Å²) < 4.78 is 0. The lowest BCUT2D eigenvalue weighted by molar-refractivity contribution is 0.791. The first-order valence-corrected chi connectivity index (χ1v) is 4.86. The van der Waals surface area contributed by atoms with Crippen molar-refractivity contribution in [1.29, 1.82) is 0 Å². The molecule has 2 N–H and O–H groups in total. The Balaban J connectivity index is 2.82. The van der Waals surface area contributed by atoms with E-state index in [9.17, 15) is 0 Å². The molecule has 3 heteroatoms. The van der Waals surface area contributed by atoms with E-state index >= 15 is 0 Å². The van der Waals surface area contributed by atoms with Crippen molar-refractivity contribution in [1.82, 2.24) is 4.98 Å². The highest BCUT2D eigenvalue weighted by Gasteiger charge is 2.08. The third-order valence-electron chi connectivity index (χ3n) is 2.21. The van der Waals surface area contributed by atoms with Crippen LogP contribution in [0, 0.1) is 0 Å². The van der Waals surface area contributed by atoms with Crippen molar-refractivity contribution in [3.05, 3.63) is 41.2 Å². The molecule has 2 nitrogen and oxygen atoms in total. The van der Waals surface area contributed by atoms with Gasteiger partial charge in [0.05, 0.1) is 10.7 Å².